The van der Waals surface area contributed by atoms with Crippen LogP contribution in [0.25, 0.3) is 10.9 Å². The molecule has 1 saturated heterocycles. The third kappa shape index (κ3) is 4.06. The van der Waals surface area contributed by atoms with Crippen LogP contribution in [0.2, 0.25) is 0 Å². The first kappa shape index (κ1) is 18.4. The number of nitrogens with zero attached hydrogens (tertiary/aromatic N) is 2. The molecule has 1 N–H and O–H groups in total. The van der Waals surface area contributed by atoms with Crippen molar-refractivity contribution in [3.05, 3.63) is 40.4 Å². The van der Waals surface area contributed by atoms with Crippen LogP contribution in [0, 0.1) is 5.92 Å². The van der Waals surface area contributed by atoms with E-state index in [1.54, 1.807) is 11.0 Å². The number of para-hydroxylation sites is 1. The van der Waals surface area contributed by atoms with E-state index in [4.69, 9.17) is 4.74 Å². The van der Waals surface area contributed by atoms with Gasteiger partial charge in [0.05, 0.1) is 10.9 Å². The van der Waals surface area contributed by atoms with Crippen molar-refractivity contribution in [3.8, 4) is 0 Å². The summed E-state index contributed by atoms with van der Waals surface area (Å²) < 4.78 is 5.45. The number of aromatic nitrogens is 2. The van der Waals surface area contributed by atoms with Gasteiger partial charge in [-0.05, 0) is 51.7 Å². The first-order valence-electron chi connectivity index (χ1n) is 9.21. The van der Waals surface area contributed by atoms with Gasteiger partial charge in [-0.2, -0.15) is 0 Å². The lowest BCUT2D eigenvalue weighted by Crippen LogP contribution is -2.42. The van der Waals surface area contributed by atoms with E-state index in [0.717, 1.165) is 24.2 Å². The second-order valence-corrected chi connectivity index (χ2v) is 8.06. The van der Waals surface area contributed by atoms with Crippen molar-refractivity contribution in [2.45, 2.75) is 52.1 Å². The van der Waals surface area contributed by atoms with E-state index in [0.29, 0.717) is 24.4 Å². The van der Waals surface area contributed by atoms with Gasteiger partial charge in [0.25, 0.3) is 5.56 Å². The smallest absolute Gasteiger partial charge is 0.410 e. The minimum atomic E-state index is -0.476. The Morgan fingerprint density at radius 2 is 1.92 bits per heavy atom. The molecular weight excluding hydrogens is 330 g/mol. The number of piperidine rings is 1. The highest BCUT2D eigenvalue weighted by atomic mass is 16.6. The highest BCUT2D eigenvalue weighted by Gasteiger charge is 2.30. The van der Waals surface area contributed by atoms with Crippen LogP contribution in [0.4, 0.5) is 4.79 Å². The molecule has 0 spiro atoms. The lowest BCUT2D eigenvalue weighted by Gasteiger charge is -2.35. The first-order valence-corrected chi connectivity index (χ1v) is 9.21. The number of amides is 1. The van der Waals surface area contributed by atoms with Gasteiger partial charge in [0.2, 0.25) is 0 Å². The van der Waals surface area contributed by atoms with Gasteiger partial charge in [0.1, 0.15) is 11.4 Å². The zero-order valence-corrected chi connectivity index (χ0v) is 15.9. The molecule has 1 aliphatic rings. The van der Waals surface area contributed by atoms with Crippen molar-refractivity contribution in [1.29, 1.82) is 0 Å². The van der Waals surface area contributed by atoms with Crippen molar-refractivity contribution >= 4 is 17.0 Å². The SMILES string of the molecule is CC(c1nc2ccccc2c(=O)[nH]1)C1CCN(C(=O)OC(C)(C)C)CC1. The van der Waals surface area contributed by atoms with E-state index in [1.807, 2.05) is 39.0 Å². The molecule has 140 valence electrons. The molecule has 3 rings (SSSR count). The number of hydrogen-bond acceptors (Lipinski definition) is 4. The minimum Gasteiger partial charge on any atom is -0.444 e. The van der Waals surface area contributed by atoms with Gasteiger partial charge in [-0.3, -0.25) is 4.79 Å². The van der Waals surface area contributed by atoms with Gasteiger partial charge in [-0.1, -0.05) is 19.1 Å². The lowest BCUT2D eigenvalue weighted by atomic mass is 9.85. The standard InChI is InChI=1S/C20H27N3O3/c1-13(17-21-16-8-6-5-7-15(16)18(24)22-17)14-9-11-23(12-10-14)19(25)26-20(2,3)4/h5-8,13-14H,9-12H2,1-4H3,(H,21,22,24). The molecule has 0 radical (unpaired) electrons. The van der Waals surface area contributed by atoms with Crippen LogP contribution >= 0.6 is 0 Å². The molecule has 1 atom stereocenters. The molecule has 1 aromatic carbocycles. The topological polar surface area (TPSA) is 75.3 Å². The summed E-state index contributed by atoms with van der Waals surface area (Å²) in [6.07, 6.45) is 1.49. The highest BCUT2D eigenvalue weighted by molar-refractivity contribution is 5.77. The number of nitrogens with one attached hydrogen (secondary N) is 1. The molecule has 2 heterocycles. The van der Waals surface area contributed by atoms with E-state index in [2.05, 4.69) is 16.9 Å². The van der Waals surface area contributed by atoms with E-state index < -0.39 is 5.60 Å². The van der Waals surface area contributed by atoms with E-state index >= 15 is 0 Å². The predicted octanol–water partition coefficient (Wildman–Crippen LogP) is 3.67. The monoisotopic (exact) mass is 357 g/mol. The Bertz CT molecular complexity index is 845. The molecule has 1 amide bonds. The first-order chi connectivity index (χ1) is 12.2. The number of carbonyl (C=O) groups is 1. The maximum Gasteiger partial charge on any atom is 0.410 e. The molecule has 0 aliphatic carbocycles. The van der Waals surface area contributed by atoms with Gasteiger partial charge in [-0.25, -0.2) is 9.78 Å². The minimum absolute atomic E-state index is 0.0939. The zero-order valence-electron chi connectivity index (χ0n) is 15.9. The van der Waals surface area contributed by atoms with Gasteiger partial charge < -0.3 is 14.6 Å². The van der Waals surface area contributed by atoms with Crippen LogP contribution in [-0.4, -0.2) is 39.7 Å². The van der Waals surface area contributed by atoms with Gasteiger partial charge >= 0.3 is 6.09 Å². The number of rotatable bonds is 2. The number of H-pyrrole nitrogens is 1. The quantitative estimate of drug-likeness (QED) is 0.890. The van der Waals surface area contributed by atoms with Crippen LogP contribution in [0.5, 0.6) is 0 Å². The number of carbonyl (C=O) groups excluding carboxylic acids is 1. The molecule has 1 aromatic heterocycles. The Hall–Kier alpha value is -2.37. The third-order valence-electron chi connectivity index (χ3n) is 4.96. The molecular formula is C20H27N3O3. The summed E-state index contributed by atoms with van der Waals surface area (Å²) in [4.78, 5) is 33.9. The van der Waals surface area contributed by atoms with Crippen LogP contribution in [0.15, 0.2) is 29.1 Å². The number of benzene rings is 1. The summed E-state index contributed by atoms with van der Waals surface area (Å²) in [6, 6.07) is 7.39. The third-order valence-corrected chi connectivity index (χ3v) is 4.96. The summed E-state index contributed by atoms with van der Waals surface area (Å²) >= 11 is 0. The van der Waals surface area contributed by atoms with Gasteiger partial charge in [0, 0.05) is 19.0 Å². The number of likely N-dealkylation sites (tertiary alicyclic amines) is 1. The van der Waals surface area contributed by atoms with Crippen LogP contribution in [0.3, 0.4) is 0 Å². The van der Waals surface area contributed by atoms with E-state index in [-0.39, 0.29) is 17.6 Å². The summed E-state index contributed by atoms with van der Waals surface area (Å²) in [7, 11) is 0. The van der Waals surface area contributed by atoms with Gasteiger partial charge in [0.15, 0.2) is 0 Å². The molecule has 6 heteroatoms. The molecule has 1 unspecified atom stereocenters. The maximum absolute atomic E-state index is 12.3. The Morgan fingerprint density at radius 1 is 1.27 bits per heavy atom. The van der Waals surface area contributed by atoms with Crippen molar-refractivity contribution in [2.24, 2.45) is 5.92 Å². The second-order valence-electron chi connectivity index (χ2n) is 8.06. The van der Waals surface area contributed by atoms with Crippen molar-refractivity contribution < 1.29 is 9.53 Å². The molecule has 2 aromatic rings. The van der Waals surface area contributed by atoms with E-state index in [1.165, 1.54) is 0 Å². The lowest BCUT2D eigenvalue weighted by molar-refractivity contribution is 0.0175. The highest BCUT2D eigenvalue weighted by Crippen LogP contribution is 2.31. The van der Waals surface area contributed by atoms with Gasteiger partial charge in [-0.15, -0.1) is 0 Å². The molecule has 1 aliphatic heterocycles. The molecule has 1 fully saturated rings. The Kier molecular flexibility index (Phi) is 5.03. The molecule has 0 saturated carbocycles. The Balaban J connectivity index is 1.68. The number of hydrogen-bond donors (Lipinski definition) is 1. The van der Waals surface area contributed by atoms with Crippen molar-refractivity contribution in [2.75, 3.05) is 13.1 Å². The fourth-order valence-electron chi connectivity index (χ4n) is 3.45. The van der Waals surface area contributed by atoms with Crippen LogP contribution in [0.1, 0.15) is 52.3 Å². The second kappa shape index (κ2) is 7.09. The number of aromatic amines is 1. The summed E-state index contributed by atoms with van der Waals surface area (Å²) in [5.41, 5.74) is 0.156. The number of ether oxygens (including phenoxy) is 1. The Labute approximate surface area is 153 Å². The summed E-state index contributed by atoms with van der Waals surface area (Å²) in [6.45, 7) is 9.06. The summed E-state index contributed by atoms with van der Waals surface area (Å²) in [5.74, 6) is 1.23. The fourth-order valence-corrected chi connectivity index (χ4v) is 3.45. The van der Waals surface area contributed by atoms with E-state index in [9.17, 15) is 9.59 Å². The van der Waals surface area contributed by atoms with Crippen molar-refractivity contribution in [1.82, 2.24) is 14.9 Å². The summed E-state index contributed by atoms with van der Waals surface area (Å²) in [5, 5.41) is 0.614. The zero-order chi connectivity index (χ0) is 18.9. The predicted molar refractivity (Wildman–Crippen MR) is 101 cm³/mol. The Morgan fingerprint density at radius 3 is 2.58 bits per heavy atom. The maximum atomic E-state index is 12.3. The average Bonchev–Trinajstić information content (AvgIpc) is 2.60. The fraction of sp³-hybridized carbons (Fsp3) is 0.550. The largest absolute Gasteiger partial charge is 0.444 e. The number of fused-ring (bicyclic) bond motifs is 1. The van der Waals surface area contributed by atoms with Crippen LogP contribution < -0.4 is 5.56 Å². The molecule has 26 heavy (non-hydrogen) atoms. The molecule has 0 bridgehead atoms. The molecule has 6 nitrogen and oxygen atoms in total. The normalized spacial score (nSPS) is 17.3. The average molecular weight is 357 g/mol. The van der Waals surface area contributed by atoms with Crippen LogP contribution in [-0.2, 0) is 4.74 Å². The van der Waals surface area contributed by atoms with Crippen molar-refractivity contribution in [3.63, 3.8) is 0 Å².